The van der Waals surface area contributed by atoms with Crippen molar-refractivity contribution in [1.29, 1.82) is 0 Å². The van der Waals surface area contributed by atoms with Gasteiger partial charge in [0.05, 0.1) is 0 Å². The van der Waals surface area contributed by atoms with E-state index in [0.717, 1.165) is 11.1 Å². The molecule has 76 valence electrons. The van der Waals surface area contributed by atoms with Crippen LogP contribution in [0.1, 0.15) is 24.5 Å². The molecule has 1 unspecified atom stereocenters. The predicted octanol–water partition coefficient (Wildman–Crippen LogP) is 1.04. The molecule has 14 heavy (non-hydrogen) atoms. The molecule has 0 radical (unpaired) electrons. The fourth-order valence-electron chi connectivity index (χ4n) is 1.44. The van der Waals surface area contributed by atoms with Gasteiger partial charge in [-0.25, -0.2) is 0 Å². The van der Waals surface area contributed by atoms with Crippen LogP contribution < -0.4 is 11.5 Å². The minimum atomic E-state index is -1.04. The van der Waals surface area contributed by atoms with Gasteiger partial charge in [0.25, 0.3) is 0 Å². The summed E-state index contributed by atoms with van der Waals surface area (Å²) in [4.78, 5) is 11.3. The molecule has 0 fully saturated rings. The monoisotopic (exact) mass is 192 g/mol. The van der Waals surface area contributed by atoms with E-state index in [4.69, 9.17) is 11.5 Å². The standard InChI is InChI=1S/C11H16N2O/c1-3-11(13,10(12)14)9-6-4-5-8(2)7-9/h4-7H,3,13H2,1-2H3,(H2,12,14). The van der Waals surface area contributed by atoms with E-state index in [1.807, 2.05) is 38.1 Å². The molecule has 0 heterocycles. The summed E-state index contributed by atoms with van der Waals surface area (Å²) in [7, 11) is 0. The first-order chi connectivity index (χ1) is 6.50. The van der Waals surface area contributed by atoms with Crippen molar-refractivity contribution in [2.45, 2.75) is 25.8 Å². The van der Waals surface area contributed by atoms with Crippen molar-refractivity contribution in [2.24, 2.45) is 11.5 Å². The lowest BCUT2D eigenvalue weighted by atomic mass is 9.87. The van der Waals surface area contributed by atoms with Crippen LogP contribution in [0.25, 0.3) is 0 Å². The number of benzene rings is 1. The van der Waals surface area contributed by atoms with Gasteiger partial charge in [0.15, 0.2) is 0 Å². The molecular formula is C11H16N2O. The molecule has 1 aromatic carbocycles. The summed E-state index contributed by atoms with van der Waals surface area (Å²) in [5, 5.41) is 0. The highest BCUT2D eigenvalue weighted by molar-refractivity contribution is 5.85. The SMILES string of the molecule is CCC(N)(C(N)=O)c1cccc(C)c1. The van der Waals surface area contributed by atoms with Gasteiger partial charge in [-0.2, -0.15) is 0 Å². The third-order valence-electron chi connectivity index (χ3n) is 2.53. The Labute approximate surface area is 84.1 Å². The molecule has 0 spiro atoms. The van der Waals surface area contributed by atoms with Crippen LogP contribution in [-0.4, -0.2) is 5.91 Å². The van der Waals surface area contributed by atoms with Gasteiger partial charge < -0.3 is 11.5 Å². The lowest BCUT2D eigenvalue weighted by Gasteiger charge is -2.25. The van der Waals surface area contributed by atoms with E-state index < -0.39 is 11.4 Å². The number of hydrogen-bond acceptors (Lipinski definition) is 2. The molecule has 4 N–H and O–H groups in total. The molecule has 0 saturated carbocycles. The summed E-state index contributed by atoms with van der Waals surface area (Å²) in [5.41, 5.74) is 12.1. The van der Waals surface area contributed by atoms with Crippen molar-refractivity contribution in [1.82, 2.24) is 0 Å². The van der Waals surface area contributed by atoms with E-state index in [2.05, 4.69) is 0 Å². The molecule has 1 atom stereocenters. The quantitative estimate of drug-likeness (QED) is 0.751. The average Bonchev–Trinajstić information content (AvgIpc) is 2.16. The predicted molar refractivity (Wildman–Crippen MR) is 56.5 cm³/mol. The zero-order valence-electron chi connectivity index (χ0n) is 8.58. The van der Waals surface area contributed by atoms with Crippen LogP contribution >= 0.6 is 0 Å². The maximum atomic E-state index is 11.3. The van der Waals surface area contributed by atoms with E-state index >= 15 is 0 Å². The van der Waals surface area contributed by atoms with Gasteiger partial charge in [-0.1, -0.05) is 36.8 Å². The van der Waals surface area contributed by atoms with E-state index in [0.29, 0.717) is 6.42 Å². The molecule has 0 aliphatic rings. The Bertz CT molecular complexity index is 349. The van der Waals surface area contributed by atoms with Gasteiger partial charge >= 0.3 is 0 Å². The molecule has 3 heteroatoms. The zero-order valence-corrected chi connectivity index (χ0v) is 8.58. The Kier molecular flexibility index (Phi) is 2.91. The van der Waals surface area contributed by atoms with Gasteiger partial charge in [-0.3, -0.25) is 4.79 Å². The van der Waals surface area contributed by atoms with Crippen LogP contribution in [0.5, 0.6) is 0 Å². The highest BCUT2D eigenvalue weighted by atomic mass is 16.1. The highest BCUT2D eigenvalue weighted by Crippen LogP contribution is 2.22. The number of primary amides is 1. The fraction of sp³-hybridized carbons (Fsp3) is 0.364. The molecule has 1 amide bonds. The number of nitrogens with two attached hydrogens (primary N) is 2. The topological polar surface area (TPSA) is 69.1 Å². The second-order valence-electron chi connectivity index (χ2n) is 3.56. The van der Waals surface area contributed by atoms with Crippen molar-refractivity contribution in [3.63, 3.8) is 0 Å². The third kappa shape index (κ3) is 1.77. The average molecular weight is 192 g/mol. The highest BCUT2D eigenvalue weighted by Gasteiger charge is 2.31. The molecule has 0 aromatic heterocycles. The maximum absolute atomic E-state index is 11.3. The Morgan fingerprint density at radius 1 is 1.50 bits per heavy atom. The normalized spacial score (nSPS) is 14.8. The Morgan fingerprint density at radius 2 is 2.14 bits per heavy atom. The third-order valence-corrected chi connectivity index (χ3v) is 2.53. The number of aryl methyl sites for hydroxylation is 1. The zero-order chi connectivity index (χ0) is 10.8. The minimum Gasteiger partial charge on any atom is -0.368 e. The summed E-state index contributed by atoms with van der Waals surface area (Å²) in [6, 6.07) is 7.57. The summed E-state index contributed by atoms with van der Waals surface area (Å²) in [5.74, 6) is -0.481. The molecular weight excluding hydrogens is 176 g/mol. The van der Waals surface area contributed by atoms with Crippen molar-refractivity contribution in [2.75, 3.05) is 0 Å². The van der Waals surface area contributed by atoms with E-state index in [9.17, 15) is 4.79 Å². The number of amides is 1. The van der Waals surface area contributed by atoms with Crippen LogP contribution in [0.15, 0.2) is 24.3 Å². The Hall–Kier alpha value is -1.35. The number of rotatable bonds is 3. The van der Waals surface area contributed by atoms with Crippen molar-refractivity contribution in [3.8, 4) is 0 Å². The molecule has 1 rings (SSSR count). The van der Waals surface area contributed by atoms with Gasteiger partial charge in [-0.05, 0) is 18.9 Å². The number of carbonyl (C=O) groups excluding carboxylic acids is 1. The second-order valence-corrected chi connectivity index (χ2v) is 3.56. The van der Waals surface area contributed by atoms with E-state index in [1.165, 1.54) is 0 Å². The molecule has 0 bridgehead atoms. The first-order valence-electron chi connectivity index (χ1n) is 4.66. The molecule has 0 saturated heterocycles. The smallest absolute Gasteiger partial charge is 0.242 e. The fourth-order valence-corrected chi connectivity index (χ4v) is 1.44. The van der Waals surface area contributed by atoms with E-state index in [-0.39, 0.29) is 0 Å². The molecule has 0 aliphatic heterocycles. The van der Waals surface area contributed by atoms with Crippen molar-refractivity contribution >= 4 is 5.91 Å². The number of hydrogen-bond donors (Lipinski definition) is 2. The lowest BCUT2D eigenvalue weighted by Crippen LogP contribution is -2.48. The van der Waals surface area contributed by atoms with E-state index in [1.54, 1.807) is 0 Å². The molecule has 1 aromatic rings. The summed E-state index contributed by atoms with van der Waals surface area (Å²) >= 11 is 0. The second kappa shape index (κ2) is 3.80. The molecule has 0 aliphatic carbocycles. The summed E-state index contributed by atoms with van der Waals surface area (Å²) in [6.45, 7) is 3.81. The first kappa shape index (κ1) is 10.7. The lowest BCUT2D eigenvalue weighted by molar-refractivity contribution is -0.123. The van der Waals surface area contributed by atoms with Gasteiger partial charge in [0.2, 0.25) is 5.91 Å². The van der Waals surface area contributed by atoms with Crippen LogP contribution in [0.4, 0.5) is 0 Å². The minimum absolute atomic E-state index is 0.481. The summed E-state index contributed by atoms with van der Waals surface area (Å²) in [6.07, 6.45) is 0.506. The van der Waals surface area contributed by atoms with Crippen LogP contribution in [-0.2, 0) is 10.3 Å². The van der Waals surface area contributed by atoms with Gasteiger partial charge in [0, 0.05) is 0 Å². The van der Waals surface area contributed by atoms with Gasteiger partial charge in [-0.15, -0.1) is 0 Å². The van der Waals surface area contributed by atoms with Crippen LogP contribution in [0, 0.1) is 6.92 Å². The van der Waals surface area contributed by atoms with Crippen molar-refractivity contribution < 1.29 is 4.79 Å². The largest absolute Gasteiger partial charge is 0.368 e. The Balaban J connectivity index is 3.19. The number of carbonyl (C=O) groups is 1. The summed E-state index contributed by atoms with van der Waals surface area (Å²) < 4.78 is 0. The molecule has 3 nitrogen and oxygen atoms in total. The van der Waals surface area contributed by atoms with Crippen LogP contribution in [0.3, 0.4) is 0 Å². The van der Waals surface area contributed by atoms with Crippen molar-refractivity contribution in [3.05, 3.63) is 35.4 Å². The first-order valence-corrected chi connectivity index (χ1v) is 4.66. The Morgan fingerprint density at radius 3 is 2.57 bits per heavy atom. The maximum Gasteiger partial charge on any atom is 0.242 e. The van der Waals surface area contributed by atoms with Crippen LogP contribution in [0.2, 0.25) is 0 Å². The van der Waals surface area contributed by atoms with Gasteiger partial charge in [0.1, 0.15) is 5.54 Å².